The van der Waals surface area contributed by atoms with E-state index in [1.165, 1.54) is 4.31 Å². The molecule has 0 bridgehead atoms. The predicted molar refractivity (Wildman–Crippen MR) is 61.9 cm³/mol. The van der Waals surface area contributed by atoms with Gasteiger partial charge in [-0.3, -0.25) is 4.79 Å². The lowest BCUT2D eigenvalue weighted by atomic mass is 9.98. The van der Waals surface area contributed by atoms with Crippen LogP contribution in [0.5, 0.6) is 0 Å². The Morgan fingerprint density at radius 3 is 2.65 bits per heavy atom. The van der Waals surface area contributed by atoms with Crippen LogP contribution in [0.2, 0.25) is 0 Å². The van der Waals surface area contributed by atoms with Crippen LogP contribution in [0, 0.1) is 0 Å². The molecule has 1 unspecified atom stereocenters. The van der Waals surface area contributed by atoms with Crippen LogP contribution in [0.15, 0.2) is 0 Å². The van der Waals surface area contributed by atoms with Gasteiger partial charge in [-0.15, -0.1) is 0 Å². The first-order valence-electron chi connectivity index (χ1n) is 5.54. The molecule has 6 nitrogen and oxygen atoms in total. The first-order chi connectivity index (χ1) is 7.77. The molecule has 0 aliphatic carbocycles. The molecule has 0 saturated carbocycles. The lowest BCUT2D eigenvalue weighted by molar-refractivity contribution is -0.137. The molecule has 0 radical (unpaired) electrons. The zero-order valence-electron chi connectivity index (χ0n) is 10.2. The number of rotatable bonds is 3. The number of sulfonamides is 1. The second kappa shape index (κ2) is 5.32. The number of methoxy groups -OCH3 is 1. The second-order valence-electron chi connectivity index (χ2n) is 4.58. The van der Waals surface area contributed by atoms with Gasteiger partial charge in [-0.2, -0.15) is 0 Å². The fourth-order valence-corrected chi connectivity index (χ4v) is 3.19. The van der Waals surface area contributed by atoms with E-state index in [9.17, 15) is 18.3 Å². The third-order valence-corrected chi connectivity index (χ3v) is 4.70. The summed E-state index contributed by atoms with van der Waals surface area (Å²) < 4.78 is 29.3. The van der Waals surface area contributed by atoms with Crippen LogP contribution in [-0.4, -0.2) is 55.4 Å². The summed E-state index contributed by atoms with van der Waals surface area (Å²) in [5.74, 6) is -1.40. The number of carbonyl (C=O) groups excluding carboxylic acids is 1. The molecule has 0 aromatic heterocycles. The van der Waals surface area contributed by atoms with E-state index in [-0.39, 0.29) is 6.54 Å². The predicted octanol–water partition coefficient (Wildman–Crippen LogP) is -0.274. The summed E-state index contributed by atoms with van der Waals surface area (Å²) in [6.45, 7) is 2.28. The summed E-state index contributed by atoms with van der Waals surface area (Å²) in [6.07, 6.45) is 1.54. The summed E-state index contributed by atoms with van der Waals surface area (Å²) in [4.78, 5) is 11.0. The molecule has 1 atom stereocenters. The highest BCUT2D eigenvalue weighted by atomic mass is 32.2. The number of ether oxygens (including phenoxy) is 1. The average Bonchev–Trinajstić information content (AvgIpc) is 2.38. The fourth-order valence-electron chi connectivity index (χ4n) is 1.82. The van der Waals surface area contributed by atoms with Gasteiger partial charge in [-0.05, 0) is 26.2 Å². The summed E-state index contributed by atoms with van der Waals surface area (Å²) in [7, 11) is -2.46. The molecule has 1 rings (SSSR count). The first-order valence-corrected chi connectivity index (χ1v) is 7.15. The molecule has 0 aromatic carbocycles. The zero-order valence-corrected chi connectivity index (χ0v) is 11.0. The van der Waals surface area contributed by atoms with Crippen molar-refractivity contribution in [3.8, 4) is 0 Å². The quantitative estimate of drug-likeness (QED) is 0.710. The van der Waals surface area contributed by atoms with Gasteiger partial charge in [0.25, 0.3) is 0 Å². The molecule has 1 aliphatic rings. The standard InChI is InChI=1S/C10H19NO5S/c1-10(13)4-3-6-11(7-5-10)17(14,15)8-9(12)16-2/h13H,3-8H2,1-2H3. The molecule has 1 heterocycles. The normalized spacial score (nSPS) is 27.5. The van der Waals surface area contributed by atoms with Crippen molar-refractivity contribution in [2.24, 2.45) is 0 Å². The second-order valence-corrected chi connectivity index (χ2v) is 6.55. The van der Waals surface area contributed by atoms with Crippen LogP contribution in [0.4, 0.5) is 0 Å². The highest BCUT2D eigenvalue weighted by molar-refractivity contribution is 7.89. The van der Waals surface area contributed by atoms with Crippen molar-refractivity contribution < 1.29 is 23.1 Å². The lowest BCUT2D eigenvalue weighted by Gasteiger charge is -2.21. The molecule has 1 fully saturated rings. The van der Waals surface area contributed by atoms with Gasteiger partial charge in [0.05, 0.1) is 12.7 Å². The maximum absolute atomic E-state index is 11.9. The van der Waals surface area contributed by atoms with Crippen molar-refractivity contribution in [2.75, 3.05) is 26.0 Å². The van der Waals surface area contributed by atoms with Crippen LogP contribution < -0.4 is 0 Å². The van der Waals surface area contributed by atoms with Gasteiger partial charge in [0.15, 0.2) is 5.75 Å². The van der Waals surface area contributed by atoms with Crippen LogP contribution in [0.1, 0.15) is 26.2 Å². The van der Waals surface area contributed by atoms with Crippen LogP contribution in [0.25, 0.3) is 0 Å². The van der Waals surface area contributed by atoms with Gasteiger partial charge in [-0.25, -0.2) is 12.7 Å². The van der Waals surface area contributed by atoms with Crippen LogP contribution in [0.3, 0.4) is 0 Å². The van der Waals surface area contributed by atoms with Gasteiger partial charge >= 0.3 is 5.97 Å². The van der Waals surface area contributed by atoms with Crippen LogP contribution >= 0.6 is 0 Å². The van der Waals surface area contributed by atoms with Gasteiger partial charge in [-0.1, -0.05) is 0 Å². The summed E-state index contributed by atoms with van der Waals surface area (Å²) in [6, 6.07) is 0. The SMILES string of the molecule is COC(=O)CS(=O)(=O)N1CCCC(C)(O)CC1. The van der Waals surface area contributed by atoms with E-state index in [2.05, 4.69) is 4.74 Å². The molecule has 0 spiro atoms. The van der Waals surface area contributed by atoms with E-state index < -0.39 is 27.3 Å². The first kappa shape index (κ1) is 14.4. The third-order valence-electron chi connectivity index (χ3n) is 2.94. The zero-order chi connectivity index (χ0) is 13.1. The topological polar surface area (TPSA) is 83.9 Å². The highest BCUT2D eigenvalue weighted by Crippen LogP contribution is 2.22. The van der Waals surface area contributed by atoms with E-state index in [1.54, 1.807) is 6.92 Å². The van der Waals surface area contributed by atoms with Crippen molar-refractivity contribution >= 4 is 16.0 Å². The maximum atomic E-state index is 11.9. The van der Waals surface area contributed by atoms with Crippen molar-refractivity contribution in [3.05, 3.63) is 0 Å². The molecule has 100 valence electrons. The lowest BCUT2D eigenvalue weighted by Crippen LogP contribution is -2.37. The Hall–Kier alpha value is -0.660. The summed E-state index contributed by atoms with van der Waals surface area (Å²) in [5.41, 5.74) is -0.824. The number of nitrogens with zero attached hydrogens (tertiary/aromatic N) is 1. The van der Waals surface area contributed by atoms with E-state index in [0.29, 0.717) is 25.8 Å². The molecule has 17 heavy (non-hydrogen) atoms. The molecule has 1 N–H and O–H groups in total. The Balaban J connectivity index is 2.69. The number of hydrogen-bond acceptors (Lipinski definition) is 5. The van der Waals surface area contributed by atoms with Crippen molar-refractivity contribution in [1.29, 1.82) is 0 Å². The highest BCUT2D eigenvalue weighted by Gasteiger charge is 2.31. The fraction of sp³-hybridized carbons (Fsp3) is 0.900. The third kappa shape index (κ3) is 4.25. The number of aliphatic hydroxyl groups is 1. The van der Waals surface area contributed by atoms with E-state index in [4.69, 9.17) is 0 Å². The average molecular weight is 265 g/mol. The molecular weight excluding hydrogens is 246 g/mol. The smallest absolute Gasteiger partial charge is 0.322 e. The van der Waals surface area contributed by atoms with E-state index >= 15 is 0 Å². The van der Waals surface area contributed by atoms with Crippen LogP contribution in [-0.2, 0) is 19.6 Å². The summed E-state index contributed by atoms with van der Waals surface area (Å²) in [5, 5.41) is 9.85. The molecule has 1 aliphatic heterocycles. The van der Waals surface area contributed by atoms with Crippen molar-refractivity contribution in [2.45, 2.75) is 31.8 Å². The Morgan fingerprint density at radius 1 is 1.41 bits per heavy atom. The monoisotopic (exact) mass is 265 g/mol. The number of carbonyl (C=O) groups is 1. The van der Waals surface area contributed by atoms with Gasteiger partial charge in [0.2, 0.25) is 10.0 Å². The van der Waals surface area contributed by atoms with E-state index in [0.717, 1.165) is 7.11 Å². The Bertz CT molecular complexity index is 376. The molecule has 0 aromatic rings. The minimum atomic E-state index is -3.62. The minimum absolute atomic E-state index is 0.242. The van der Waals surface area contributed by atoms with Crippen molar-refractivity contribution in [1.82, 2.24) is 4.31 Å². The number of hydrogen-bond donors (Lipinski definition) is 1. The summed E-state index contributed by atoms with van der Waals surface area (Å²) >= 11 is 0. The molecule has 7 heteroatoms. The molecular formula is C10H19NO5S. The Kier molecular flexibility index (Phi) is 4.51. The Labute approximate surface area is 102 Å². The van der Waals surface area contributed by atoms with Gasteiger partial charge in [0.1, 0.15) is 0 Å². The number of esters is 1. The van der Waals surface area contributed by atoms with E-state index in [1.807, 2.05) is 0 Å². The minimum Gasteiger partial charge on any atom is -0.468 e. The largest absolute Gasteiger partial charge is 0.468 e. The maximum Gasteiger partial charge on any atom is 0.322 e. The Morgan fingerprint density at radius 2 is 2.06 bits per heavy atom. The molecule has 1 saturated heterocycles. The van der Waals surface area contributed by atoms with Gasteiger partial charge < -0.3 is 9.84 Å². The van der Waals surface area contributed by atoms with Gasteiger partial charge in [0, 0.05) is 13.1 Å². The van der Waals surface area contributed by atoms with Crippen molar-refractivity contribution in [3.63, 3.8) is 0 Å². The molecule has 0 amide bonds.